The lowest BCUT2D eigenvalue weighted by atomic mass is 9.99. The predicted molar refractivity (Wildman–Crippen MR) is 151 cm³/mol. The third-order valence-electron chi connectivity index (χ3n) is 7.59. The number of rotatable bonds is 12. The van der Waals surface area contributed by atoms with Crippen LogP contribution in [0.5, 0.6) is 0 Å². The van der Waals surface area contributed by atoms with Crippen LogP contribution in [0.25, 0.3) is 0 Å². The number of aromatic nitrogens is 4. The Labute approximate surface area is 251 Å². The quantitative estimate of drug-likeness (QED) is 0.272. The number of nitrogens with two attached hydrogens (primary N) is 1. The molecule has 2 aliphatic heterocycles. The molecular formula is C28H35F5N8O3. The summed E-state index contributed by atoms with van der Waals surface area (Å²) in [6.45, 7) is 5.81. The van der Waals surface area contributed by atoms with Gasteiger partial charge in [-0.25, -0.2) is 23.1 Å². The van der Waals surface area contributed by atoms with Crippen molar-refractivity contribution in [1.29, 1.82) is 0 Å². The van der Waals surface area contributed by atoms with Gasteiger partial charge in [-0.3, -0.25) is 4.79 Å². The van der Waals surface area contributed by atoms with Crippen molar-refractivity contribution in [2.45, 2.75) is 44.2 Å². The summed E-state index contributed by atoms with van der Waals surface area (Å²) in [6, 6.07) is -0.640. The number of carbonyl (C=O) groups excluding carboxylic acids is 1. The number of nitrogens with zero attached hydrogens (tertiary/aromatic N) is 7. The Bertz CT molecular complexity index is 1360. The van der Waals surface area contributed by atoms with Crippen LogP contribution in [0.1, 0.15) is 42.4 Å². The van der Waals surface area contributed by atoms with E-state index < -0.39 is 41.2 Å². The number of halogens is 5. The molecule has 4 rings (SSSR count). The standard InChI is InChI=1S/C28H35F5N8O3/c1-4-21(30)22(31)12-19(29)11-17-15-40(16-23(17)34)26-35-13-18(14-36-26)24(42)41(9-10-43-3)20-5-7-39(8-6-20)27-37-25(38-44-27)28(2,32)33/h4,12-14,17,20,23H,1,5-11,15-16,34H2,2-3H3/b19-12+,22-21-/t17-,23-/m0/s1. The summed E-state index contributed by atoms with van der Waals surface area (Å²) < 4.78 is 78.4. The van der Waals surface area contributed by atoms with Gasteiger partial charge >= 0.3 is 11.9 Å². The number of hydrogen-bond acceptors (Lipinski definition) is 10. The SMILES string of the molecule is C=C/C(F)=C(F)\C=C(\F)C[C@H]1CN(c2ncc(C(=O)N(CCOC)C3CCN(c4nc(C(C)(F)F)no4)CC3)cn2)C[C@@H]1N. The van der Waals surface area contributed by atoms with Crippen molar-refractivity contribution in [1.82, 2.24) is 25.0 Å². The molecule has 0 bridgehead atoms. The number of hydrogen-bond donors (Lipinski definition) is 1. The molecule has 0 saturated carbocycles. The van der Waals surface area contributed by atoms with Crippen LogP contribution in [0.2, 0.25) is 0 Å². The van der Waals surface area contributed by atoms with Crippen LogP contribution in [0.15, 0.2) is 53.1 Å². The summed E-state index contributed by atoms with van der Waals surface area (Å²) >= 11 is 0. The van der Waals surface area contributed by atoms with Crippen molar-refractivity contribution in [2.75, 3.05) is 56.2 Å². The first-order valence-corrected chi connectivity index (χ1v) is 14.0. The Morgan fingerprint density at radius 1 is 1.18 bits per heavy atom. The third kappa shape index (κ3) is 7.96. The fraction of sp³-hybridized carbons (Fsp3) is 0.536. The van der Waals surface area contributed by atoms with Gasteiger partial charge in [-0.1, -0.05) is 11.7 Å². The molecule has 2 N–H and O–H groups in total. The number of ether oxygens (including phenoxy) is 1. The first kappa shape index (κ1) is 33.0. The summed E-state index contributed by atoms with van der Waals surface area (Å²) in [5.41, 5.74) is 6.43. The van der Waals surface area contributed by atoms with E-state index in [0.717, 1.165) is 0 Å². The van der Waals surface area contributed by atoms with Crippen LogP contribution in [-0.4, -0.2) is 89.4 Å². The van der Waals surface area contributed by atoms with Gasteiger partial charge < -0.3 is 29.7 Å². The number of carbonyl (C=O) groups is 1. The van der Waals surface area contributed by atoms with Crippen LogP contribution < -0.4 is 15.5 Å². The Hall–Kier alpha value is -3.92. The molecule has 0 unspecified atom stereocenters. The van der Waals surface area contributed by atoms with Gasteiger partial charge in [0.05, 0.1) is 12.2 Å². The monoisotopic (exact) mass is 626 g/mol. The zero-order chi connectivity index (χ0) is 32.0. The summed E-state index contributed by atoms with van der Waals surface area (Å²) in [6.07, 6.45) is 4.79. The van der Waals surface area contributed by atoms with E-state index in [0.29, 0.717) is 70.7 Å². The molecule has 2 aromatic heterocycles. The normalized spacial score (nSPS) is 20.6. The topological polar surface area (TPSA) is 127 Å². The first-order chi connectivity index (χ1) is 20.9. The van der Waals surface area contributed by atoms with Crippen LogP contribution in [-0.2, 0) is 10.7 Å². The molecule has 0 aromatic carbocycles. The van der Waals surface area contributed by atoms with Crippen LogP contribution in [0.3, 0.4) is 0 Å². The van der Waals surface area contributed by atoms with E-state index in [1.807, 2.05) is 0 Å². The maximum absolute atomic E-state index is 14.3. The maximum atomic E-state index is 14.3. The van der Waals surface area contributed by atoms with Gasteiger partial charge in [-0.2, -0.15) is 13.8 Å². The molecular weight excluding hydrogens is 591 g/mol. The molecule has 2 saturated heterocycles. The molecule has 0 spiro atoms. The Morgan fingerprint density at radius 2 is 1.86 bits per heavy atom. The zero-order valence-corrected chi connectivity index (χ0v) is 24.4. The van der Waals surface area contributed by atoms with E-state index in [4.69, 9.17) is 15.0 Å². The summed E-state index contributed by atoms with van der Waals surface area (Å²) in [7, 11) is 1.53. The van der Waals surface area contributed by atoms with E-state index in [-0.39, 0.29) is 36.5 Å². The minimum Gasteiger partial charge on any atom is -0.383 e. The number of amides is 1. The molecule has 2 aliphatic rings. The Kier molecular flexibility index (Phi) is 10.7. The van der Waals surface area contributed by atoms with Gasteiger partial charge in [0.25, 0.3) is 5.91 Å². The second kappa shape index (κ2) is 14.2. The van der Waals surface area contributed by atoms with Gasteiger partial charge in [0.1, 0.15) is 5.83 Å². The van der Waals surface area contributed by atoms with Crippen molar-refractivity contribution < 1.29 is 36.0 Å². The van der Waals surface area contributed by atoms with Gasteiger partial charge in [0, 0.05) is 83.7 Å². The average Bonchev–Trinajstić information content (AvgIpc) is 3.65. The van der Waals surface area contributed by atoms with Gasteiger partial charge in [0.15, 0.2) is 11.7 Å². The molecule has 0 aliphatic carbocycles. The summed E-state index contributed by atoms with van der Waals surface area (Å²) in [5, 5.41) is 3.37. The molecule has 44 heavy (non-hydrogen) atoms. The van der Waals surface area contributed by atoms with Crippen molar-refractivity contribution in [3.63, 3.8) is 0 Å². The van der Waals surface area contributed by atoms with E-state index in [1.54, 1.807) is 14.7 Å². The smallest absolute Gasteiger partial charge is 0.324 e. The maximum Gasteiger partial charge on any atom is 0.324 e. The molecule has 2 atom stereocenters. The van der Waals surface area contributed by atoms with Gasteiger partial charge in [0.2, 0.25) is 11.8 Å². The Balaban J connectivity index is 1.38. The molecule has 0 radical (unpaired) electrons. The van der Waals surface area contributed by atoms with E-state index in [9.17, 15) is 26.7 Å². The molecule has 2 aromatic rings. The van der Waals surface area contributed by atoms with Crippen molar-refractivity contribution in [3.8, 4) is 0 Å². The van der Waals surface area contributed by atoms with Crippen molar-refractivity contribution in [2.24, 2.45) is 11.7 Å². The van der Waals surface area contributed by atoms with E-state index >= 15 is 0 Å². The number of piperidine rings is 1. The lowest BCUT2D eigenvalue weighted by molar-refractivity contribution is 0.00558. The number of alkyl halides is 2. The molecule has 11 nitrogen and oxygen atoms in total. The summed E-state index contributed by atoms with van der Waals surface area (Å²) in [5.74, 6) is -7.77. The van der Waals surface area contributed by atoms with Gasteiger partial charge in [-0.15, -0.1) is 0 Å². The van der Waals surface area contributed by atoms with Crippen molar-refractivity contribution >= 4 is 17.9 Å². The summed E-state index contributed by atoms with van der Waals surface area (Å²) in [4.78, 5) is 31.1. The van der Waals surface area contributed by atoms with Crippen molar-refractivity contribution in [3.05, 3.63) is 60.0 Å². The number of allylic oxidation sites excluding steroid dienone is 5. The van der Waals surface area contributed by atoms with Gasteiger partial charge in [-0.05, 0) is 24.8 Å². The molecule has 2 fully saturated rings. The highest BCUT2D eigenvalue weighted by molar-refractivity contribution is 5.94. The lowest BCUT2D eigenvalue weighted by Crippen LogP contribution is -2.48. The fourth-order valence-electron chi connectivity index (χ4n) is 5.18. The second-order valence-electron chi connectivity index (χ2n) is 10.8. The van der Waals surface area contributed by atoms with E-state index in [2.05, 4.69) is 26.7 Å². The Morgan fingerprint density at radius 3 is 2.45 bits per heavy atom. The highest BCUT2D eigenvalue weighted by Crippen LogP contribution is 2.29. The third-order valence-corrected chi connectivity index (χ3v) is 7.59. The predicted octanol–water partition coefficient (Wildman–Crippen LogP) is 4.07. The molecule has 1 amide bonds. The second-order valence-corrected chi connectivity index (χ2v) is 10.8. The van der Waals surface area contributed by atoms with E-state index in [1.165, 1.54) is 19.5 Å². The highest BCUT2D eigenvalue weighted by Gasteiger charge is 2.35. The van der Waals surface area contributed by atoms with Crippen LogP contribution >= 0.6 is 0 Å². The minimum atomic E-state index is -3.22. The number of anilines is 2. The number of methoxy groups -OCH3 is 1. The van der Waals surface area contributed by atoms with Crippen LogP contribution in [0.4, 0.5) is 33.9 Å². The minimum absolute atomic E-state index is 0.00644. The highest BCUT2D eigenvalue weighted by atomic mass is 19.3. The fourth-order valence-corrected chi connectivity index (χ4v) is 5.18. The molecule has 16 heteroatoms. The van der Waals surface area contributed by atoms with Crippen LogP contribution in [0, 0.1) is 5.92 Å². The molecule has 240 valence electrons. The average molecular weight is 627 g/mol. The lowest BCUT2D eigenvalue weighted by Gasteiger charge is -2.37. The largest absolute Gasteiger partial charge is 0.383 e. The zero-order valence-electron chi connectivity index (χ0n) is 24.4. The first-order valence-electron chi connectivity index (χ1n) is 14.0. The molecule has 4 heterocycles.